The molecule has 0 atom stereocenters. The van der Waals surface area contributed by atoms with Crippen molar-refractivity contribution in [2.45, 2.75) is 45.6 Å². The molecule has 4 rings (SSSR count). The second-order valence-electron chi connectivity index (χ2n) is 9.39. The Morgan fingerprint density at radius 1 is 1.15 bits per heavy atom. The molecule has 0 N–H and O–H groups in total. The number of hydrogen-bond donors (Lipinski definition) is 0. The molecule has 180 valence electrons. The van der Waals surface area contributed by atoms with Crippen LogP contribution in [0.3, 0.4) is 0 Å². The van der Waals surface area contributed by atoms with Crippen LogP contribution in [0.25, 0.3) is 16.8 Å². The van der Waals surface area contributed by atoms with Crippen LogP contribution in [-0.2, 0) is 9.53 Å². The fourth-order valence-corrected chi connectivity index (χ4v) is 3.78. The highest BCUT2D eigenvalue weighted by atomic mass is 16.6. The first-order valence-electron chi connectivity index (χ1n) is 11.5. The van der Waals surface area contributed by atoms with Gasteiger partial charge in [0.05, 0.1) is 12.8 Å². The van der Waals surface area contributed by atoms with Gasteiger partial charge in [-0.05, 0) is 57.4 Å². The van der Waals surface area contributed by atoms with Crippen LogP contribution in [0.2, 0.25) is 0 Å². The number of anilines is 1. The van der Waals surface area contributed by atoms with Crippen molar-refractivity contribution in [1.29, 1.82) is 0 Å². The molecule has 1 aliphatic heterocycles. The molecule has 0 saturated carbocycles. The molecule has 0 spiro atoms. The molecule has 2 amide bonds. The minimum atomic E-state index is -0.660. The molecule has 1 aromatic carbocycles. The van der Waals surface area contributed by atoms with Crippen molar-refractivity contribution in [3.8, 4) is 16.9 Å². The predicted molar refractivity (Wildman–Crippen MR) is 129 cm³/mol. The minimum Gasteiger partial charge on any atom is -0.494 e. The van der Waals surface area contributed by atoms with E-state index in [9.17, 15) is 9.59 Å². The van der Waals surface area contributed by atoms with Gasteiger partial charge in [0, 0.05) is 38.3 Å². The van der Waals surface area contributed by atoms with Crippen molar-refractivity contribution in [2.75, 3.05) is 31.6 Å². The van der Waals surface area contributed by atoms with E-state index in [1.165, 1.54) is 4.90 Å². The Balaban J connectivity index is 1.76. The summed E-state index contributed by atoms with van der Waals surface area (Å²) in [4.78, 5) is 33.6. The van der Waals surface area contributed by atoms with Gasteiger partial charge in [0.1, 0.15) is 17.2 Å². The van der Waals surface area contributed by atoms with Gasteiger partial charge in [-0.15, -0.1) is 0 Å². The van der Waals surface area contributed by atoms with Gasteiger partial charge >= 0.3 is 6.09 Å². The summed E-state index contributed by atoms with van der Waals surface area (Å²) in [6, 6.07) is 9.49. The summed E-state index contributed by atoms with van der Waals surface area (Å²) in [5, 5.41) is 4.42. The van der Waals surface area contributed by atoms with E-state index < -0.39 is 11.7 Å². The number of fused-ring (bicyclic) bond motifs is 4. The van der Waals surface area contributed by atoms with E-state index in [0.717, 1.165) is 23.3 Å². The van der Waals surface area contributed by atoms with E-state index in [-0.39, 0.29) is 5.91 Å². The molecule has 34 heavy (non-hydrogen) atoms. The molecule has 1 aliphatic rings. The van der Waals surface area contributed by atoms with Gasteiger partial charge in [-0.3, -0.25) is 9.69 Å². The van der Waals surface area contributed by atoms with Crippen LogP contribution in [0.15, 0.2) is 42.7 Å². The highest BCUT2D eigenvalue weighted by Crippen LogP contribution is 2.28. The van der Waals surface area contributed by atoms with Gasteiger partial charge in [0.15, 0.2) is 5.65 Å². The number of hydrogen-bond acceptors (Lipinski definition) is 6. The molecule has 3 aromatic rings. The number of carbonyl (C=O) groups is 2. The number of ether oxygens (including phenoxy) is 2. The van der Waals surface area contributed by atoms with Crippen molar-refractivity contribution >= 4 is 23.5 Å². The standard InChI is InChI=1S/C25H31N5O4/c1-25(2,3)34-24(32)29-13-6-10-22(31)28(4)12-7-15-33-19-9-5-8-18(16-19)20-17-26-30-14-11-21(29)27-23(20)30/h5,8-9,11,14,16-17H,6-7,10,12-13,15H2,1-4H3. The van der Waals surface area contributed by atoms with E-state index in [0.29, 0.717) is 44.0 Å². The van der Waals surface area contributed by atoms with E-state index in [1.54, 1.807) is 34.9 Å². The van der Waals surface area contributed by atoms with Gasteiger partial charge in [0.25, 0.3) is 0 Å². The molecular weight excluding hydrogens is 434 g/mol. The fourth-order valence-electron chi connectivity index (χ4n) is 3.78. The van der Waals surface area contributed by atoms with E-state index in [2.05, 4.69) is 5.10 Å². The third kappa shape index (κ3) is 5.47. The molecule has 9 nitrogen and oxygen atoms in total. The lowest BCUT2D eigenvalue weighted by Gasteiger charge is -2.27. The summed E-state index contributed by atoms with van der Waals surface area (Å²) >= 11 is 0. The Hall–Kier alpha value is -3.62. The molecule has 9 heteroatoms. The van der Waals surface area contributed by atoms with Crippen molar-refractivity contribution in [1.82, 2.24) is 19.5 Å². The quantitative estimate of drug-likeness (QED) is 0.495. The zero-order valence-corrected chi connectivity index (χ0v) is 20.2. The van der Waals surface area contributed by atoms with Crippen LogP contribution in [0.5, 0.6) is 5.75 Å². The Bertz CT molecular complexity index is 1180. The Morgan fingerprint density at radius 2 is 1.97 bits per heavy atom. The first-order chi connectivity index (χ1) is 16.2. The third-order valence-corrected chi connectivity index (χ3v) is 5.49. The van der Waals surface area contributed by atoms with Crippen LogP contribution >= 0.6 is 0 Å². The molecule has 0 unspecified atom stereocenters. The maximum Gasteiger partial charge on any atom is 0.416 e. The lowest BCUT2D eigenvalue weighted by molar-refractivity contribution is -0.130. The summed E-state index contributed by atoms with van der Waals surface area (Å²) in [7, 11) is 1.79. The maximum atomic E-state index is 13.1. The topological polar surface area (TPSA) is 89.3 Å². The zero-order chi connectivity index (χ0) is 24.3. The summed E-state index contributed by atoms with van der Waals surface area (Å²) in [5.74, 6) is 1.21. The summed E-state index contributed by atoms with van der Waals surface area (Å²) in [6.45, 7) is 6.88. The first-order valence-corrected chi connectivity index (χ1v) is 11.5. The van der Waals surface area contributed by atoms with Crippen LogP contribution < -0.4 is 9.64 Å². The first kappa shape index (κ1) is 23.5. The lowest BCUT2D eigenvalue weighted by Crippen LogP contribution is -2.38. The van der Waals surface area contributed by atoms with Crippen LogP contribution in [0.4, 0.5) is 10.6 Å². The van der Waals surface area contributed by atoms with Crippen molar-refractivity contribution in [2.24, 2.45) is 0 Å². The Labute approximate surface area is 199 Å². The number of aromatic nitrogens is 3. The van der Waals surface area contributed by atoms with Crippen LogP contribution in [0, 0.1) is 0 Å². The largest absolute Gasteiger partial charge is 0.494 e. The van der Waals surface area contributed by atoms with Gasteiger partial charge in [-0.2, -0.15) is 5.10 Å². The highest BCUT2D eigenvalue weighted by Gasteiger charge is 2.25. The molecular formula is C25H31N5O4. The van der Waals surface area contributed by atoms with Gasteiger partial charge in [-0.25, -0.2) is 14.3 Å². The number of nitrogens with zero attached hydrogens (tertiary/aromatic N) is 5. The summed E-state index contributed by atoms with van der Waals surface area (Å²) < 4.78 is 13.2. The number of amides is 2. The van der Waals surface area contributed by atoms with Crippen molar-refractivity contribution in [3.63, 3.8) is 0 Å². The molecule has 4 bridgehead atoms. The van der Waals surface area contributed by atoms with E-state index in [1.807, 2.05) is 45.0 Å². The zero-order valence-electron chi connectivity index (χ0n) is 20.2. The van der Waals surface area contributed by atoms with Crippen LogP contribution in [0.1, 0.15) is 40.0 Å². The predicted octanol–water partition coefficient (Wildman–Crippen LogP) is 4.16. The van der Waals surface area contributed by atoms with E-state index in [4.69, 9.17) is 14.5 Å². The van der Waals surface area contributed by atoms with Gasteiger partial charge < -0.3 is 14.4 Å². The highest BCUT2D eigenvalue weighted by molar-refractivity contribution is 5.88. The summed E-state index contributed by atoms with van der Waals surface area (Å²) in [6.07, 6.45) is 4.55. The van der Waals surface area contributed by atoms with Gasteiger partial charge in [-0.1, -0.05) is 12.1 Å². The molecule has 0 saturated heterocycles. The smallest absolute Gasteiger partial charge is 0.416 e. The van der Waals surface area contributed by atoms with Crippen LogP contribution in [-0.4, -0.2) is 63.8 Å². The molecule has 0 radical (unpaired) electrons. The molecule has 2 aromatic heterocycles. The summed E-state index contributed by atoms with van der Waals surface area (Å²) in [5.41, 5.74) is 1.70. The molecule has 3 heterocycles. The monoisotopic (exact) mass is 465 g/mol. The SMILES string of the molecule is CN1CCCOc2cccc(c2)-c2cnn3ccc(nc23)N(C(=O)OC(C)(C)C)CCCC1=O. The number of benzene rings is 1. The van der Waals surface area contributed by atoms with Crippen molar-refractivity contribution < 1.29 is 19.1 Å². The Kier molecular flexibility index (Phi) is 6.72. The third-order valence-electron chi connectivity index (χ3n) is 5.49. The Morgan fingerprint density at radius 3 is 2.76 bits per heavy atom. The second kappa shape index (κ2) is 9.70. The normalized spacial score (nSPS) is 15.8. The van der Waals surface area contributed by atoms with E-state index >= 15 is 0 Å². The van der Waals surface area contributed by atoms with Gasteiger partial charge in [0.2, 0.25) is 5.91 Å². The maximum absolute atomic E-state index is 13.1. The number of carbonyl (C=O) groups excluding carboxylic acids is 2. The molecule has 0 fully saturated rings. The lowest BCUT2D eigenvalue weighted by atomic mass is 10.1. The number of rotatable bonds is 0. The minimum absolute atomic E-state index is 0.0249. The second-order valence-corrected chi connectivity index (χ2v) is 9.39. The van der Waals surface area contributed by atoms with Crippen molar-refractivity contribution in [3.05, 3.63) is 42.7 Å². The average Bonchev–Trinajstić information content (AvgIpc) is 3.21. The molecule has 0 aliphatic carbocycles. The average molecular weight is 466 g/mol. The fraction of sp³-hybridized carbons (Fsp3) is 0.440.